The van der Waals surface area contributed by atoms with Crippen LogP contribution in [0.3, 0.4) is 0 Å². The van der Waals surface area contributed by atoms with Crippen LogP contribution in [0.4, 0.5) is 0 Å². The molecule has 0 saturated heterocycles. The molecule has 1 aliphatic carbocycles. The van der Waals surface area contributed by atoms with Crippen LogP contribution in [0.5, 0.6) is 0 Å². The Morgan fingerprint density at radius 3 is 2.50 bits per heavy atom. The highest BCUT2D eigenvalue weighted by atomic mass is 32.1. The first-order chi connectivity index (χ1) is 11.2. The van der Waals surface area contributed by atoms with E-state index in [2.05, 4.69) is 43.2 Å². The van der Waals surface area contributed by atoms with Crippen LogP contribution in [0.15, 0.2) is 9.90 Å². The minimum atomic E-state index is 0.149. The Kier molecular flexibility index (Phi) is 5.67. The summed E-state index contributed by atoms with van der Waals surface area (Å²) in [5, 5.41) is 7.09. The molecular weight excluding hydrogens is 326 g/mol. The molecule has 1 saturated carbocycles. The highest BCUT2D eigenvalue weighted by molar-refractivity contribution is 7.13. The van der Waals surface area contributed by atoms with E-state index in [0.29, 0.717) is 17.1 Å². The highest BCUT2D eigenvalue weighted by Crippen LogP contribution is 2.43. The molecule has 0 spiro atoms. The largest absolute Gasteiger partial charge is 0.373 e. The molecule has 130 valence electrons. The molecule has 2 heterocycles. The second-order valence-corrected chi connectivity index (χ2v) is 8.68. The summed E-state index contributed by atoms with van der Waals surface area (Å²) in [6, 6.07) is 0. The van der Waals surface area contributed by atoms with Crippen molar-refractivity contribution in [1.29, 1.82) is 0 Å². The monoisotopic (exact) mass is 349 g/mol. The zero-order chi connectivity index (χ0) is 17.8. The summed E-state index contributed by atoms with van der Waals surface area (Å²) in [6.45, 7) is 8.85. The van der Waals surface area contributed by atoms with Crippen molar-refractivity contribution in [3.05, 3.63) is 17.0 Å². The standard InChI is InChI=1S/C16H23N3OS.CO2/c1-15(2,3)9-12-18-13(19-20-12)14-17-11(10-21-14)8-16(4)6-5-7-16;2-1-3/h10H,5-9H2,1-4H3;. The molecule has 3 rings (SSSR count). The third-order valence-corrected chi connectivity index (χ3v) is 4.95. The van der Waals surface area contributed by atoms with Crippen molar-refractivity contribution in [3.8, 4) is 10.8 Å². The van der Waals surface area contributed by atoms with Crippen molar-refractivity contribution in [2.24, 2.45) is 10.8 Å². The Labute approximate surface area is 145 Å². The number of aromatic nitrogens is 3. The first kappa shape index (κ1) is 18.5. The molecule has 0 atom stereocenters. The van der Waals surface area contributed by atoms with Crippen LogP contribution in [0.25, 0.3) is 10.8 Å². The smallest absolute Gasteiger partial charge is 0.339 e. The Bertz CT molecular complexity index is 705. The maximum absolute atomic E-state index is 8.12. The first-order valence-corrected chi connectivity index (χ1v) is 8.89. The second kappa shape index (κ2) is 7.36. The average molecular weight is 349 g/mol. The molecule has 0 bridgehead atoms. The van der Waals surface area contributed by atoms with E-state index in [1.807, 2.05) is 0 Å². The molecule has 0 amide bonds. The lowest BCUT2D eigenvalue weighted by Crippen LogP contribution is -2.27. The van der Waals surface area contributed by atoms with Gasteiger partial charge in [0.2, 0.25) is 11.7 Å². The predicted molar refractivity (Wildman–Crippen MR) is 89.2 cm³/mol. The zero-order valence-corrected chi connectivity index (χ0v) is 15.4. The van der Waals surface area contributed by atoms with Crippen LogP contribution in [0, 0.1) is 10.8 Å². The van der Waals surface area contributed by atoms with Crippen LogP contribution >= 0.6 is 11.3 Å². The van der Waals surface area contributed by atoms with E-state index in [1.165, 1.54) is 25.0 Å². The average Bonchev–Trinajstić information content (AvgIpc) is 3.05. The van der Waals surface area contributed by atoms with Gasteiger partial charge in [0.25, 0.3) is 0 Å². The van der Waals surface area contributed by atoms with Gasteiger partial charge in [0.15, 0.2) is 5.01 Å². The maximum atomic E-state index is 8.12. The number of nitrogens with zero attached hydrogens (tertiary/aromatic N) is 3. The van der Waals surface area contributed by atoms with E-state index >= 15 is 0 Å². The molecule has 0 aliphatic heterocycles. The zero-order valence-electron chi connectivity index (χ0n) is 14.6. The molecule has 2 aromatic heterocycles. The SMILES string of the molecule is CC(C)(C)Cc1nc(-c2nc(CC3(C)CCC3)cs2)no1.O=C=O. The Hall–Kier alpha value is -1.85. The predicted octanol–water partition coefficient (Wildman–Crippen LogP) is 3.93. The molecule has 6 nitrogen and oxygen atoms in total. The van der Waals surface area contributed by atoms with Crippen LogP contribution in [0.2, 0.25) is 0 Å². The Morgan fingerprint density at radius 1 is 1.29 bits per heavy atom. The third-order valence-electron chi connectivity index (χ3n) is 4.06. The van der Waals surface area contributed by atoms with Crippen molar-refractivity contribution in [2.75, 3.05) is 0 Å². The fourth-order valence-electron chi connectivity index (χ4n) is 2.75. The van der Waals surface area contributed by atoms with E-state index < -0.39 is 0 Å². The number of carbonyl (C=O) groups excluding carboxylic acids is 2. The third kappa shape index (κ3) is 5.08. The van der Waals surface area contributed by atoms with Crippen molar-refractivity contribution in [1.82, 2.24) is 15.1 Å². The molecular formula is C17H23N3O3S. The molecule has 2 aromatic rings. The molecule has 24 heavy (non-hydrogen) atoms. The summed E-state index contributed by atoms with van der Waals surface area (Å²) >= 11 is 1.61. The van der Waals surface area contributed by atoms with Crippen molar-refractivity contribution >= 4 is 17.5 Å². The molecule has 1 fully saturated rings. The first-order valence-electron chi connectivity index (χ1n) is 8.01. The molecule has 0 aromatic carbocycles. The summed E-state index contributed by atoms with van der Waals surface area (Å²) in [5.41, 5.74) is 1.77. The van der Waals surface area contributed by atoms with E-state index in [1.54, 1.807) is 11.3 Å². The van der Waals surface area contributed by atoms with Crippen molar-refractivity contribution in [3.63, 3.8) is 0 Å². The van der Waals surface area contributed by atoms with Gasteiger partial charge in [0.05, 0.1) is 5.69 Å². The van der Waals surface area contributed by atoms with Crippen molar-refractivity contribution < 1.29 is 14.1 Å². The van der Waals surface area contributed by atoms with Gasteiger partial charge in [-0.15, -0.1) is 11.3 Å². The topological polar surface area (TPSA) is 85.9 Å². The molecule has 0 unspecified atom stereocenters. The number of hydrogen-bond acceptors (Lipinski definition) is 7. The van der Waals surface area contributed by atoms with Gasteiger partial charge in [-0.3, -0.25) is 0 Å². The summed E-state index contributed by atoms with van der Waals surface area (Å²) in [5.74, 6) is 1.32. The Morgan fingerprint density at radius 2 is 1.96 bits per heavy atom. The van der Waals surface area contributed by atoms with Gasteiger partial charge in [-0.1, -0.05) is 39.3 Å². The highest BCUT2D eigenvalue weighted by Gasteiger charge is 2.32. The van der Waals surface area contributed by atoms with Gasteiger partial charge in [0.1, 0.15) is 0 Å². The quantitative estimate of drug-likeness (QED) is 0.831. The van der Waals surface area contributed by atoms with E-state index in [-0.39, 0.29) is 11.6 Å². The van der Waals surface area contributed by atoms with Crippen molar-refractivity contribution in [2.45, 2.75) is 59.8 Å². The summed E-state index contributed by atoms with van der Waals surface area (Å²) < 4.78 is 5.34. The van der Waals surface area contributed by atoms with Crippen LogP contribution < -0.4 is 0 Å². The minimum absolute atomic E-state index is 0.149. The molecule has 0 N–H and O–H groups in total. The minimum Gasteiger partial charge on any atom is -0.339 e. The molecule has 0 radical (unpaired) electrons. The van der Waals surface area contributed by atoms with Gasteiger partial charge in [-0.2, -0.15) is 14.6 Å². The lowest BCUT2D eigenvalue weighted by molar-refractivity contribution is -0.191. The summed E-state index contributed by atoms with van der Waals surface area (Å²) in [7, 11) is 0. The lowest BCUT2D eigenvalue weighted by atomic mass is 9.68. The number of hydrogen-bond donors (Lipinski definition) is 0. The molecule has 1 aliphatic rings. The Balaban J connectivity index is 0.000000647. The van der Waals surface area contributed by atoms with Gasteiger partial charge in [-0.25, -0.2) is 4.98 Å². The maximum Gasteiger partial charge on any atom is 0.373 e. The fraction of sp³-hybridized carbons (Fsp3) is 0.647. The van der Waals surface area contributed by atoms with Gasteiger partial charge in [0, 0.05) is 11.8 Å². The van der Waals surface area contributed by atoms with Crippen LogP contribution in [-0.4, -0.2) is 21.3 Å². The van der Waals surface area contributed by atoms with Gasteiger partial charge in [-0.05, 0) is 30.1 Å². The van der Waals surface area contributed by atoms with Crippen LogP contribution in [0.1, 0.15) is 58.5 Å². The summed E-state index contributed by atoms with van der Waals surface area (Å²) in [6.07, 6.45) is 6.09. The van der Waals surface area contributed by atoms with E-state index in [0.717, 1.165) is 17.8 Å². The number of thiazole rings is 1. The molecule has 7 heteroatoms. The van der Waals surface area contributed by atoms with E-state index in [4.69, 9.17) is 19.1 Å². The van der Waals surface area contributed by atoms with E-state index in [9.17, 15) is 0 Å². The van der Waals surface area contributed by atoms with Crippen LogP contribution in [-0.2, 0) is 22.4 Å². The second-order valence-electron chi connectivity index (χ2n) is 7.82. The summed E-state index contributed by atoms with van der Waals surface area (Å²) in [4.78, 5) is 25.4. The number of rotatable bonds is 4. The van der Waals surface area contributed by atoms with Gasteiger partial charge < -0.3 is 4.52 Å². The van der Waals surface area contributed by atoms with Gasteiger partial charge >= 0.3 is 6.15 Å². The lowest BCUT2D eigenvalue weighted by Gasteiger charge is -2.37. The fourth-order valence-corrected chi connectivity index (χ4v) is 3.49. The normalized spacial score (nSPS) is 15.8.